The van der Waals surface area contributed by atoms with Gasteiger partial charge in [0.05, 0.1) is 40.4 Å². The molecule has 9 heteroatoms. The Bertz CT molecular complexity index is 1140. The Hall–Kier alpha value is -3.21. The van der Waals surface area contributed by atoms with Crippen molar-refractivity contribution >= 4 is 51.9 Å². The van der Waals surface area contributed by atoms with E-state index in [1.165, 1.54) is 0 Å². The summed E-state index contributed by atoms with van der Waals surface area (Å²) in [6.07, 6.45) is 1.60. The zero-order valence-electron chi connectivity index (χ0n) is 16.2. The number of carbonyl (C=O) groups is 1. The number of H-pyrrole nitrogens is 1. The smallest absolute Gasteiger partial charge is 0.344 e. The van der Waals surface area contributed by atoms with Crippen molar-refractivity contribution in [1.82, 2.24) is 9.97 Å². The molecule has 7 nitrogen and oxygen atoms in total. The van der Waals surface area contributed by atoms with Crippen molar-refractivity contribution in [2.24, 2.45) is 0 Å². The molecule has 1 aromatic heterocycles. The molecule has 0 spiro atoms. The zero-order chi connectivity index (χ0) is 21.7. The van der Waals surface area contributed by atoms with E-state index in [4.69, 9.17) is 37.4 Å². The number of benzene rings is 2. The summed E-state index contributed by atoms with van der Waals surface area (Å²) in [5, 5.41) is 10.0. The molecule has 0 amide bonds. The summed E-state index contributed by atoms with van der Waals surface area (Å²) < 4.78 is 15.4. The first-order valence-corrected chi connectivity index (χ1v) is 9.64. The quantitative estimate of drug-likeness (QED) is 0.410. The first-order valence-electron chi connectivity index (χ1n) is 8.88. The molecule has 3 rings (SSSR count). The average Bonchev–Trinajstić information content (AvgIpc) is 3.14. The van der Waals surface area contributed by atoms with Gasteiger partial charge in [0.15, 0.2) is 12.4 Å². The molecule has 0 radical (unpaired) electrons. The highest BCUT2D eigenvalue weighted by Gasteiger charge is 2.14. The Morgan fingerprint density at radius 1 is 1.27 bits per heavy atom. The summed E-state index contributed by atoms with van der Waals surface area (Å²) in [4.78, 5) is 19.0. The van der Waals surface area contributed by atoms with Gasteiger partial charge in [-0.3, -0.25) is 0 Å². The molecule has 0 saturated heterocycles. The van der Waals surface area contributed by atoms with Crippen molar-refractivity contribution < 1.29 is 19.0 Å². The molecular weight excluding hydrogens is 429 g/mol. The average molecular weight is 446 g/mol. The third kappa shape index (κ3) is 4.85. The third-order valence-electron chi connectivity index (χ3n) is 4.04. The highest BCUT2D eigenvalue weighted by atomic mass is 35.5. The maximum absolute atomic E-state index is 11.5. The summed E-state index contributed by atoms with van der Waals surface area (Å²) in [6, 6.07) is 10.7. The molecule has 0 atom stereocenters. The van der Waals surface area contributed by atoms with E-state index >= 15 is 0 Å². The third-order valence-corrected chi connectivity index (χ3v) is 4.60. The normalized spacial score (nSPS) is 11.2. The number of allylic oxidation sites excluding steroid dienone is 1. The molecule has 0 aliphatic carbocycles. The van der Waals surface area contributed by atoms with Crippen LogP contribution in [-0.4, -0.2) is 36.3 Å². The van der Waals surface area contributed by atoms with Gasteiger partial charge < -0.3 is 19.2 Å². The summed E-state index contributed by atoms with van der Waals surface area (Å²) in [6.45, 7) is 1.64. The fourth-order valence-electron chi connectivity index (χ4n) is 2.70. The van der Waals surface area contributed by atoms with E-state index in [9.17, 15) is 10.1 Å². The van der Waals surface area contributed by atoms with Gasteiger partial charge in [-0.15, -0.1) is 0 Å². The van der Waals surface area contributed by atoms with E-state index in [0.717, 1.165) is 5.52 Å². The van der Waals surface area contributed by atoms with E-state index in [0.29, 0.717) is 22.7 Å². The van der Waals surface area contributed by atoms with Gasteiger partial charge >= 0.3 is 5.97 Å². The number of esters is 1. The van der Waals surface area contributed by atoms with Crippen LogP contribution in [0.5, 0.6) is 11.5 Å². The van der Waals surface area contributed by atoms with Gasteiger partial charge in [0.2, 0.25) is 0 Å². The SMILES string of the molecule is CCOC(=O)COc1c(Cl)cc(C=C(C#N)c2nc3ccc(OC)cc3[nH]2)cc1Cl. The molecule has 0 saturated carbocycles. The topological polar surface area (TPSA) is 97.2 Å². The molecule has 1 heterocycles. The predicted octanol–water partition coefficient (Wildman–Crippen LogP) is 4.88. The highest BCUT2D eigenvalue weighted by molar-refractivity contribution is 6.37. The van der Waals surface area contributed by atoms with Crippen LogP contribution in [0.2, 0.25) is 10.0 Å². The second-order valence-corrected chi connectivity index (χ2v) is 6.86. The Balaban J connectivity index is 1.89. The first kappa shape index (κ1) is 21.5. The molecule has 0 aliphatic rings. The predicted molar refractivity (Wildman–Crippen MR) is 115 cm³/mol. The van der Waals surface area contributed by atoms with Crippen LogP contribution in [0, 0.1) is 11.3 Å². The Kier molecular flexibility index (Phi) is 6.83. The number of nitrogens with zero attached hydrogens (tertiary/aromatic N) is 2. The van der Waals surface area contributed by atoms with Gasteiger partial charge in [0.1, 0.15) is 17.6 Å². The van der Waals surface area contributed by atoms with E-state index in [1.807, 2.05) is 0 Å². The Labute approximate surface area is 182 Å². The monoisotopic (exact) mass is 445 g/mol. The number of ether oxygens (including phenoxy) is 3. The number of hydrogen-bond donors (Lipinski definition) is 1. The van der Waals surface area contributed by atoms with Crippen LogP contribution in [0.4, 0.5) is 0 Å². The van der Waals surface area contributed by atoms with Crippen molar-refractivity contribution in [3.8, 4) is 17.6 Å². The van der Waals surface area contributed by atoms with E-state index in [1.54, 1.807) is 50.4 Å². The fourth-order valence-corrected chi connectivity index (χ4v) is 3.31. The van der Waals surface area contributed by atoms with Gasteiger partial charge in [-0.05, 0) is 42.8 Å². The van der Waals surface area contributed by atoms with Gasteiger partial charge in [0.25, 0.3) is 0 Å². The van der Waals surface area contributed by atoms with E-state index < -0.39 is 5.97 Å². The van der Waals surface area contributed by atoms with Crippen LogP contribution in [0.25, 0.3) is 22.7 Å². The molecule has 1 N–H and O–H groups in total. The summed E-state index contributed by atoms with van der Waals surface area (Å²) in [7, 11) is 1.58. The Morgan fingerprint density at radius 3 is 2.63 bits per heavy atom. The number of halogens is 2. The van der Waals surface area contributed by atoms with Crippen LogP contribution in [0.1, 0.15) is 18.3 Å². The Morgan fingerprint density at radius 2 is 2.00 bits per heavy atom. The van der Waals surface area contributed by atoms with Crippen molar-refractivity contribution in [1.29, 1.82) is 5.26 Å². The van der Waals surface area contributed by atoms with Gasteiger partial charge in [-0.25, -0.2) is 9.78 Å². The second-order valence-electron chi connectivity index (χ2n) is 6.05. The molecule has 3 aromatic rings. The second kappa shape index (κ2) is 9.53. The lowest BCUT2D eigenvalue weighted by Gasteiger charge is -2.10. The summed E-state index contributed by atoms with van der Waals surface area (Å²) in [5.41, 5.74) is 2.30. The highest BCUT2D eigenvalue weighted by Crippen LogP contribution is 2.35. The number of carbonyl (C=O) groups excluding carboxylic acids is 1. The molecule has 0 fully saturated rings. The zero-order valence-corrected chi connectivity index (χ0v) is 17.7. The van der Waals surface area contributed by atoms with Crippen LogP contribution >= 0.6 is 23.2 Å². The van der Waals surface area contributed by atoms with Crippen molar-refractivity contribution in [3.63, 3.8) is 0 Å². The van der Waals surface area contributed by atoms with Gasteiger partial charge in [0, 0.05) is 6.07 Å². The number of methoxy groups -OCH3 is 1. The largest absolute Gasteiger partial charge is 0.497 e. The van der Waals surface area contributed by atoms with Gasteiger partial charge in [-0.1, -0.05) is 23.2 Å². The molecule has 0 bridgehead atoms. The fraction of sp³-hybridized carbons (Fsp3) is 0.190. The van der Waals surface area contributed by atoms with Crippen LogP contribution in [0.3, 0.4) is 0 Å². The first-order chi connectivity index (χ1) is 14.4. The minimum Gasteiger partial charge on any atom is -0.497 e. The number of rotatable bonds is 7. The van der Waals surface area contributed by atoms with Crippen molar-refractivity contribution in [2.45, 2.75) is 6.92 Å². The number of aromatic amines is 1. The minimum absolute atomic E-state index is 0.165. The molecule has 30 heavy (non-hydrogen) atoms. The van der Waals surface area contributed by atoms with E-state index in [-0.39, 0.29) is 34.6 Å². The molecule has 154 valence electrons. The number of nitrogens with one attached hydrogen (secondary N) is 1. The molecule has 0 aliphatic heterocycles. The molecule has 2 aromatic carbocycles. The number of aromatic nitrogens is 2. The number of imidazole rings is 1. The van der Waals surface area contributed by atoms with Crippen LogP contribution in [-0.2, 0) is 9.53 Å². The van der Waals surface area contributed by atoms with Crippen molar-refractivity contribution in [2.75, 3.05) is 20.3 Å². The van der Waals surface area contributed by atoms with Crippen LogP contribution < -0.4 is 9.47 Å². The van der Waals surface area contributed by atoms with E-state index in [2.05, 4.69) is 16.0 Å². The summed E-state index contributed by atoms with van der Waals surface area (Å²) >= 11 is 12.5. The maximum atomic E-state index is 11.5. The summed E-state index contributed by atoms with van der Waals surface area (Å²) in [5.74, 6) is 0.715. The minimum atomic E-state index is -0.526. The van der Waals surface area contributed by atoms with Gasteiger partial charge in [-0.2, -0.15) is 5.26 Å². The van der Waals surface area contributed by atoms with Crippen LogP contribution in [0.15, 0.2) is 30.3 Å². The lowest BCUT2D eigenvalue weighted by Crippen LogP contribution is -2.14. The molecule has 0 unspecified atom stereocenters. The number of hydrogen-bond acceptors (Lipinski definition) is 6. The standard InChI is InChI=1S/C21H17Cl2N3O4/c1-3-29-19(27)11-30-20-15(22)7-12(8-16(20)23)6-13(10-24)21-25-17-5-4-14(28-2)9-18(17)26-21/h4-9H,3,11H2,1-2H3,(H,25,26). The van der Waals surface area contributed by atoms with Crippen molar-refractivity contribution in [3.05, 3.63) is 51.8 Å². The number of nitriles is 1. The number of fused-ring (bicyclic) bond motifs is 1. The lowest BCUT2D eigenvalue weighted by molar-refractivity contribution is -0.145. The lowest BCUT2D eigenvalue weighted by atomic mass is 10.1. The molecular formula is C21H17Cl2N3O4. The maximum Gasteiger partial charge on any atom is 0.344 e.